The molecule has 152 valence electrons. The Balaban J connectivity index is 1.69. The molecule has 28 heavy (non-hydrogen) atoms. The molecule has 0 spiro atoms. The van der Waals surface area contributed by atoms with Gasteiger partial charge in [-0.05, 0) is 25.0 Å². The number of hydrogen-bond acceptors (Lipinski definition) is 4. The standard InChI is InChI=1S/C18H16F6N2O2/c1-10-5-14(27-9-11-8-16(11,2)18(22,23)24)26-15(6-10)28-12-3-4-25-13(7-12)17(19,20)21/h3-7,11H,8-9H2,1-2H3. The Hall–Kier alpha value is -2.52. The molecule has 2 aromatic heterocycles. The maximum atomic E-state index is 12.9. The van der Waals surface area contributed by atoms with Gasteiger partial charge in [0.1, 0.15) is 11.4 Å². The molecule has 1 fully saturated rings. The van der Waals surface area contributed by atoms with E-state index >= 15 is 0 Å². The number of rotatable bonds is 5. The van der Waals surface area contributed by atoms with Crippen molar-refractivity contribution in [1.29, 1.82) is 0 Å². The van der Waals surface area contributed by atoms with E-state index in [0.717, 1.165) is 19.2 Å². The number of ether oxygens (including phenoxy) is 2. The molecular weight excluding hydrogens is 390 g/mol. The molecule has 2 atom stereocenters. The van der Waals surface area contributed by atoms with Crippen LogP contribution >= 0.6 is 0 Å². The van der Waals surface area contributed by atoms with Gasteiger partial charge in [-0.25, -0.2) is 0 Å². The van der Waals surface area contributed by atoms with Crippen LogP contribution in [0.25, 0.3) is 0 Å². The smallest absolute Gasteiger partial charge is 0.433 e. The summed E-state index contributed by atoms with van der Waals surface area (Å²) in [5, 5.41) is 0. The lowest BCUT2D eigenvalue weighted by atomic mass is 10.1. The number of halogens is 6. The molecule has 1 aliphatic rings. The van der Waals surface area contributed by atoms with Crippen molar-refractivity contribution in [3.05, 3.63) is 41.7 Å². The molecule has 2 unspecified atom stereocenters. The Bertz CT molecular complexity index is 868. The third-order valence-corrected chi connectivity index (χ3v) is 4.66. The van der Waals surface area contributed by atoms with Crippen LogP contribution < -0.4 is 9.47 Å². The Morgan fingerprint density at radius 3 is 2.39 bits per heavy atom. The van der Waals surface area contributed by atoms with Gasteiger partial charge in [-0.2, -0.15) is 31.3 Å². The molecule has 4 nitrogen and oxygen atoms in total. The molecule has 0 aliphatic heterocycles. The number of nitrogens with zero attached hydrogens (tertiary/aromatic N) is 2. The molecule has 2 aromatic rings. The van der Waals surface area contributed by atoms with Gasteiger partial charge in [0.25, 0.3) is 0 Å². The lowest BCUT2D eigenvalue weighted by molar-refractivity contribution is -0.187. The summed E-state index contributed by atoms with van der Waals surface area (Å²) in [7, 11) is 0. The third kappa shape index (κ3) is 4.31. The van der Waals surface area contributed by atoms with E-state index in [-0.39, 0.29) is 30.5 Å². The van der Waals surface area contributed by atoms with E-state index in [2.05, 4.69) is 9.97 Å². The first-order valence-corrected chi connectivity index (χ1v) is 8.28. The summed E-state index contributed by atoms with van der Waals surface area (Å²) >= 11 is 0. The van der Waals surface area contributed by atoms with E-state index in [4.69, 9.17) is 9.47 Å². The fraction of sp³-hybridized carbons (Fsp3) is 0.444. The predicted octanol–water partition coefficient (Wildman–Crippen LogP) is 5.56. The zero-order valence-electron chi connectivity index (χ0n) is 14.9. The quantitative estimate of drug-likeness (QED) is 0.610. The van der Waals surface area contributed by atoms with Gasteiger partial charge < -0.3 is 9.47 Å². The monoisotopic (exact) mass is 406 g/mol. The molecule has 0 radical (unpaired) electrons. The first-order chi connectivity index (χ1) is 12.9. The van der Waals surface area contributed by atoms with Gasteiger partial charge in [-0.1, -0.05) is 6.92 Å². The largest absolute Gasteiger partial charge is 0.477 e. The second-order valence-corrected chi connectivity index (χ2v) is 6.92. The second-order valence-electron chi connectivity index (χ2n) is 6.92. The first kappa shape index (κ1) is 20.2. The normalized spacial score (nSPS) is 22.1. The minimum Gasteiger partial charge on any atom is -0.477 e. The van der Waals surface area contributed by atoms with E-state index < -0.39 is 29.4 Å². The summed E-state index contributed by atoms with van der Waals surface area (Å²) in [6.07, 6.45) is -7.99. The summed E-state index contributed by atoms with van der Waals surface area (Å²) in [5.74, 6) is -0.799. The van der Waals surface area contributed by atoms with E-state index in [1.807, 2.05) is 0 Å². The van der Waals surface area contributed by atoms with Crippen molar-refractivity contribution in [2.24, 2.45) is 11.3 Å². The molecule has 0 aromatic carbocycles. The Morgan fingerprint density at radius 2 is 1.79 bits per heavy atom. The highest BCUT2D eigenvalue weighted by Gasteiger charge is 2.67. The summed E-state index contributed by atoms with van der Waals surface area (Å²) in [6, 6.07) is 4.94. The number of aromatic nitrogens is 2. The van der Waals surface area contributed by atoms with Crippen molar-refractivity contribution >= 4 is 0 Å². The minimum atomic E-state index is -4.62. The zero-order chi connectivity index (χ0) is 20.7. The number of hydrogen-bond donors (Lipinski definition) is 0. The molecule has 1 aliphatic carbocycles. The fourth-order valence-corrected chi connectivity index (χ4v) is 2.71. The van der Waals surface area contributed by atoms with Crippen LogP contribution in [0.3, 0.4) is 0 Å². The summed E-state index contributed by atoms with van der Waals surface area (Å²) in [5.41, 5.74) is -2.25. The van der Waals surface area contributed by atoms with E-state index in [0.29, 0.717) is 5.56 Å². The highest BCUT2D eigenvalue weighted by Crippen LogP contribution is 2.62. The van der Waals surface area contributed by atoms with Crippen LogP contribution in [0.15, 0.2) is 30.5 Å². The molecule has 0 amide bonds. The average molecular weight is 406 g/mol. The summed E-state index contributed by atoms with van der Waals surface area (Å²) in [6.45, 7) is 2.65. The van der Waals surface area contributed by atoms with Gasteiger partial charge in [0, 0.05) is 30.3 Å². The van der Waals surface area contributed by atoms with E-state index in [1.165, 1.54) is 18.2 Å². The fourth-order valence-electron chi connectivity index (χ4n) is 2.71. The molecular formula is C18H16F6N2O2. The minimum absolute atomic E-state index is 0.0249. The summed E-state index contributed by atoms with van der Waals surface area (Å²) < 4.78 is 87.6. The Morgan fingerprint density at radius 1 is 1.11 bits per heavy atom. The highest BCUT2D eigenvalue weighted by molar-refractivity contribution is 5.33. The van der Waals surface area contributed by atoms with Crippen LogP contribution in [0.5, 0.6) is 17.5 Å². The van der Waals surface area contributed by atoms with Gasteiger partial charge in [0.15, 0.2) is 0 Å². The molecule has 2 heterocycles. The lowest BCUT2D eigenvalue weighted by Gasteiger charge is -2.16. The number of alkyl halides is 6. The van der Waals surface area contributed by atoms with Crippen molar-refractivity contribution < 1.29 is 35.8 Å². The van der Waals surface area contributed by atoms with Crippen LogP contribution in [0.2, 0.25) is 0 Å². The van der Waals surface area contributed by atoms with Crippen LogP contribution in [0.4, 0.5) is 26.3 Å². The van der Waals surface area contributed by atoms with Gasteiger partial charge >= 0.3 is 12.4 Å². The maximum absolute atomic E-state index is 12.9. The summed E-state index contributed by atoms with van der Waals surface area (Å²) in [4.78, 5) is 7.24. The highest BCUT2D eigenvalue weighted by atomic mass is 19.4. The zero-order valence-corrected chi connectivity index (χ0v) is 14.9. The van der Waals surface area contributed by atoms with Crippen molar-refractivity contribution in [3.8, 4) is 17.5 Å². The third-order valence-electron chi connectivity index (χ3n) is 4.66. The second kappa shape index (κ2) is 6.82. The van der Waals surface area contributed by atoms with Crippen LogP contribution in [-0.4, -0.2) is 22.8 Å². The molecule has 1 saturated carbocycles. The molecule has 0 saturated heterocycles. The van der Waals surface area contributed by atoms with Gasteiger partial charge in [0.2, 0.25) is 11.8 Å². The van der Waals surface area contributed by atoms with Gasteiger partial charge in [-0.15, -0.1) is 0 Å². The van der Waals surface area contributed by atoms with E-state index in [1.54, 1.807) is 6.92 Å². The number of pyridine rings is 2. The number of aryl methyl sites for hydroxylation is 1. The SMILES string of the molecule is Cc1cc(OCC2CC2(C)C(F)(F)F)nc(Oc2ccnc(C(F)(F)F)c2)c1. The van der Waals surface area contributed by atoms with Crippen molar-refractivity contribution in [3.63, 3.8) is 0 Å². The van der Waals surface area contributed by atoms with Crippen molar-refractivity contribution in [2.45, 2.75) is 32.6 Å². The van der Waals surface area contributed by atoms with Gasteiger partial charge in [0.05, 0.1) is 12.0 Å². The van der Waals surface area contributed by atoms with Crippen LogP contribution in [-0.2, 0) is 6.18 Å². The molecule has 10 heteroatoms. The average Bonchev–Trinajstić information content (AvgIpc) is 3.24. The first-order valence-electron chi connectivity index (χ1n) is 8.28. The van der Waals surface area contributed by atoms with Crippen molar-refractivity contribution in [1.82, 2.24) is 9.97 Å². The van der Waals surface area contributed by atoms with Crippen molar-refractivity contribution in [2.75, 3.05) is 6.61 Å². The molecule has 3 rings (SSSR count). The Labute approximate surface area is 156 Å². The van der Waals surface area contributed by atoms with Gasteiger partial charge in [-0.3, -0.25) is 4.98 Å². The lowest BCUT2D eigenvalue weighted by Crippen LogP contribution is -2.25. The van der Waals surface area contributed by atoms with Crippen LogP contribution in [0.1, 0.15) is 24.6 Å². The maximum Gasteiger partial charge on any atom is 0.433 e. The Kier molecular flexibility index (Phi) is 4.93. The molecule has 0 bridgehead atoms. The van der Waals surface area contributed by atoms with Crippen LogP contribution in [0, 0.1) is 18.3 Å². The molecule has 0 N–H and O–H groups in total. The van der Waals surface area contributed by atoms with E-state index in [9.17, 15) is 26.3 Å². The topological polar surface area (TPSA) is 44.2 Å². The predicted molar refractivity (Wildman–Crippen MR) is 86.1 cm³/mol.